The van der Waals surface area contributed by atoms with Gasteiger partial charge in [-0.15, -0.1) is 12.8 Å². The number of carbonyl (C=O) groups excluding carboxylic acids is 1. The molecule has 0 spiro atoms. The molecule has 0 heterocycles. The van der Waals surface area contributed by atoms with Gasteiger partial charge in [-0.1, -0.05) is 13.8 Å². The molecule has 5 heteroatoms. The number of esters is 1. The summed E-state index contributed by atoms with van der Waals surface area (Å²) in [5.74, 6) is -0.239. The minimum atomic E-state index is -0.239. The van der Waals surface area contributed by atoms with E-state index in [1.165, 1.54) is 0 Å². The van der Waals surface area contributed by atoms with Crippen LogP contribution in [-0.4, -0.2) is 25.2 Å². The van der Waals surface area contributed by atoms with E-state index in [-0.39, 0.29) is 27.6 Å². The summed E-state index contributed by atoms with van der Waals surface area (Å²) in [5, 5.41) is 2.83. The molecule has 0 saturated carbocycles. The van der Waals surface area contributed by atoms with Crippen molar-refractivity contribution >= 4 is 14.9 Å². The van der Waals surface area contributed by atoms with Crippen LogP contribution < -0.4 is 5.09 Å². The number of rotatable bonds is 6. The Kier molecular flexibility index (Phi) is 25.8. The second-order valence-corrected chi connectivity index (χ2v) is 3.22. The van der Waals surface area contributed by atoms with Crippen molar-refractivity contribution in [3.05, 3.63) is 0 Å². The van der Waals surface area contributed by atoms with Crippen LogP contribution in [0.15, 0.2) is 0 Å². The van der Waals surface area contributed by atoms with Gasteiger partial charge in [0.25, 0.3) is 0 Å². The SMILES string of the molecule is C#C.CC.CCOC(=O)CNPOC(C)C. The van der Waals surface area contributed by atoms with Gasteiger partial charge in [-0.3, -0.25) is 9.88 Å². The fourth-order valence-corrected chi connectivity index (χ4v) is 1.02. The lowest BCUT2D eigenvalue weighted by Gasteiger charge is -2.07. The molecule has 0 aromatic rings. The number of hydrogen-bond donors (Lipinski definition) is 1. The molecule has 0 rings (SSSR count). The number of nitrogens with one attached hydrogen (secondary N) is 1. The number of ether oxygens (including phenoxy) is 1. The predicted octanol–water partition coefficient (Wildman–Crippen LogP) is 2.35. The largest absolute Gasteiger partial charge is 0.465 e. The van der Waals surface area contributed by atoms with E-state index in [9.17, 15) is 4.79 Å². The maximum atomic E-state index is 10.8. The Balaban J connectivity index is -0.000000376. The van der Waals surface area contributed by atoms with Crippen LogP contribution in [0.5, 0.6) is 0 Å². The predicted molar refractivity (Wildman–Crippen MR) is 70.4 cm³/mol. The maximum Gasteiger partial charge on any atom is 0.320 e. The number of terminal acetylenes is 1. The first-order valence-electron chi connectivity index (χ1n) is 5.29. The summed E-state index contributed by atoms with van der Waals surface area (Å²) in [4.78, 5) is 10.8. The van der Waals surface area contributed by atoms with Crippen LogP contribution in [0.2, 0.25) is 0 Å². The molecule has 0 aromatic carbocycles. The molecule has 0 aromatic heterocycles. The third-order valence-electron chi connectivity index (χ3n) is 0.905. The molecule has 0 aliphatic rings. The van der Waals surface area contributed by atoms with Crippen LogP contribution >= 0.6 is 8.96 Å². The van der Waals surface area contributed by atoms with Gasteiger partial charge in [0.1, 0.15) is 0 Å². The van der Waals surface area contributed by atoms with Crippen LogP contribution in [0.4, 0.5) is 0 Å². The van der Waals surface area contributed by atoms with Gasteiger partial charge in [0, 0.05) is 0 Å². The Morgan fingerprint density at radius 1 is 1.38 bits per heavy atom. The third-order valence-corrected chi connectivity index (χ3v) is 1.82. The van der Waals surface area contributed by atoms with Gasteiger partial charge in [0.15, 0.2) is 0 Å². The van der Waals surface area contributed by atoms with Crippen molar-refractivity contribution in [1.29, 1.82) is 0 Å². The molecule has 0 radical (unpaired) electrons. The summed E-state index contributed by atoms with van der Waals surface area (Å²) in [5.41, 5.74) is 0. The highest BCUT2D eigenvalue weighted by molar-refractivity contribution is 7.29. The van der Waals surface area contributed by atoms with Crippen molar-refractivity contribution in [2.75, 3.05) is 13.2 Å². The van der Waals surface area contributed by atoms with E-state index in [0.29, 0.717) is 6.61 Å². The second-order valence-electron chi connectivity index (χ2n) is 2.43. The molecule has 96 valence electrons. The molecule has 1 atom stereocenters. The fourth-order valence-electron chi connectivity index (χ4n) is 0.480. The van der Waals surface area contributed by atoms with E-state index in [1.54, 1.807) is 6.92 Å². The zero-order valence-corrected chi connectivity index (χ0v) is 11.9. The first kappa shape index (κ1) is 20.8. The van der Waals surface area contributed by atoms with Crippen LogP contribution in [-0.2, 0) is 14.1 Å². The van der Waals surface area contributed by atoms with Crippen molar-refractivity contribution < 1.29 is 14.1 Å². The number of carbonyl (C=O) groups is 1. The topological polar surface area (TPSA) is 47.6 Å². The van der Waals surface area contributed by atoms with E-state index >= 15 is 0 Å². The lowest BCUT2D eigenvalue weighted by Crippen LogP contribution is -2.19. The summed E-state index contributed by atoms with van der Waals surface area (Å²) in [7, 11) is 0.159. The van der Waals surface area contributed by atoms with Gasteiger partial charge in [0.05, 0.1) is 28.2 Å². The van der Waals surface area contributed by atoms with Crippen LogP contribution in [0, 0.1) is 12.8 Å². The Labute approximate surface area is 101 Å². The zero-order valence-electron chi connectivity index (χ0n) is 10.9. The van der Waals surface area contributed by atoms with E-state index in [2.05, 4.69) is 17.9 Å². The minimum Gasteiger partial charge on any atom is -0.465 e. The lowest BCUT2D eigenvalue weighted by molar-refractivity contribution is -0.141. The van der Waals surface area contributed by atoms with E-state index < -0.39 is 0 Å². The van der Waals surface area contributed by atoms with E-state index in [0.717, 1.165) is 0 Å². The van der Waals surface area contributed by atoms with Crippen molar-refractivity contribution in [1.82, 2.24) is 5.09 Å². The first-order chi connectivity index (χ1) is 7.66. The molecule has 0 aliphatic carbocycles. The standard InChI is InChI=1S/C7H16NO3P.C2H6.C2H2/c1-4-10-7(9)5-8-12-11-6(2)3;2*1-2/h6,8,12H,4-5H2,1-3H3;1-2H3;1-2H. The molecule has 0 fully saturated rings. The molecule has 1 N–H and O–H groups in total. The van der Waals surface area contributed by atoms with Gasteiger partial charge in [-0.25, -0.2) is 0 Å². The van der Waals surface area contributed by atoms with Gasteiger partial charge in [0.2, 0.25) is 0 Å². The van der Waals surface area contributed by atoms with Gasteiger partial charge in [-0.05, 0) is 20.8 Å². The van der Waals surface area contributed by atoms with Crippen molar-refractivity contribution in [2.24, 2.45) is 0 Å². The van der Waals surface area contributed by atoms with E-state index in [4.69, 9.17) is 9.26 Å². The highest BCUT2D eigenvalue weighted by Gasteiger charge is 1.99. The summed E-state index contributed by atoms with van der Waals surface area (Å²) < 4.78 is 9.88. The summed E-state index contributed by atoms with van der Waals surface area (Å²) in [6.07, 6.45) is 8.19. The molecular weight excluding hydrogens is 225 g/mol. The molecule has 16 heavy (non-hydrogen) atoms. The first-order valence-corrected chi connectivity index (χ1v) is 6.20. The Bertz CT molecular complexity index is 161. The number of hydrogen-bond acceptors (Lipinski definition) is 4. The molecule has 0 bridgehead atoms. The minimum absolute atomic E-state index is 0.159. The molecule has 0 aliphatic heterocycles. The molecular formula is C11H24NO3P. The van der Waals surface area contributed by atoms with Crippen LogP contribution in [0.3, 0.4) is 0 Å². The third kappa shape index (κ3) is 23.3. The average Bonchev–Trinajstić information content (AvgIpc) is 2.30. The van der Waals surface area contributed by atoms with Gasteiger partial charge >= 0.3 is 5.97 Å². The van der Waals surface area contributed by atoms with Crippen LogP contribution in [0.25, 0.3) is 0 Å². The van der Waals surface area contributed by atoms with Crippen molar-refractivity contribution in [3.8, 4) is 12.8 Å². The molecule has 1 unspecified atom stereocenters. The second kappa shape index (κ2) is 19.9. The lowest BCUT2D eigenvalue weighted by atomic mass is 10.5. The Morgan fingerprint density at radius 2 is 1.88 bits per heavy atom. The monoisotopic (exact) mass is 249 g/mol. The van der Waals surface area contributed by atoms with E-state index in [1.807, 2.05) is 27.7 Å². The normalized spacial score (nSPS) is 9.00. The Hall–Kier alpha value is -0.620. The molecule has 0 amide bonds. The molecule has 4 nitrogen and oxygen atoms in total. The quantitative estimate of drug-likeness (QED) is 0.340. The summed E-state index contributed by atoms with van der Waals surface area (Å²) >= 11 is 0. The smallest absolute Gasteiger partial charge is 0.320 e. The summed E-state index contributed by atoms with van der Waals surface area (Å²) in [6, 6.07) is 0. The fraction of sp³-hybridized carbons (Fsp3) is 0.727. The molecule has 0 saturated heterocycles. The Morgan fingerprint density at radius 3 is 2.25 bits per heavy atom. The van der Waals surface area contributed by atoms with Crippen molar-refractivity contribution in [3.63, 3.8) is 0 Å². The highest BCUT2D eigenvalue weighted by Crippen LogP contribution is 2.08. The summed E-state index contributed by atoms with van der Waals surface area (Å²) in [6.45, 7) is 10.3. The van der Waals surface area contributed by atoms with Gasteiger partial charge < -0.3 is 9.26 Å². The average molecular weight is 249 g/mol. The highest BCUT2D eigenvalue weighted by atomic mass is 31.1. The van der Waals surface area contributed by atoms with Gasteiger partial charge in [-0.2, -0.15) is 0 Å². The maximum absolute atomic E-state index is 10.8. The zero-order chi connectivity index (χ0) is 13.4. The van der Waals surface area contributed by atoms with Crippen molar-refractivity contribution in [2.45, 2.75) is 40.7 Å². The van der Waals surface area contributed by atoms with Crippen LogP contribution in [0.1, 0.15) is 34.6 Å².